The number of nitrogens with zero attached hydrogens (tertiary/aromatic N) is 3. The van der Waals surface area contributed by atoms with E-state index in [1.54, 1.807) is 0 Å². The molecule has 24 heavy (non-hydrogen) atoms. The third-order valence-corrected chi connectivity index (χ3v) is 4.74. The van der Waals surface area contributed by atoms with E-state index in [0.29, 0.717) is 23.6 Å². The van der Waals surface area contributed by atoms with Crippen LogP contribution in [0.4, 0.5) is 0 Å². The molecule has 0 radical (unpaired) electrons. The third kappa shape index (κ3) is 5.21. The van der Waals surface area contributed by atoms with Crippen LogP contribution < -0.4 is 10.6 Å². The molecule has 0 spiro atoms. The van der Waals surface area contributed by atoms with Gasteiger partial charge in [-0.05, 0) is 30.6 Å². The van der Waals surface area contributed by atoms with Crippen molar-refractivity contribution in [2.45, 2.75) is 65.7 Å². The summed E-state index contributed by atoms with van der Waals surface area (Å²) < 4.78 is 5.26. The summed E-state index contributed by atoms with van der Waals surface area (Å²) in [6.07, 6.45) is 6.01. The maximum absolute atomic E-state index is 5.26. The summed E-state index contributed by atoms with van der Waals surface area (Å²) >= 11 is 0. The zero-order valence-electron chi connectivity index (χ0n) is 15.9. The monoisotopic (exact) mass is 335 g/mol. The Morgan fingerprint density at radius 1 is 1.25 bits per heavy atom. The summed E-state index contributed by atoms with van der Waals surface area (Å²) in [4.78, 5) is 8.72. The molecule has 0 aromatic carbocycles. The third-order valence-electron chi connectivity index (χ3n) is 4.74. The molecule has 1 aliphatic carbocycles. The first-order valence-electron chi connectivity index (χ1n) is 9.21. The topological polar surface area (TPSA) is 75.3 Å². The zero-order chi connectivity index (χ0) is 17.6. The second-order valence-corrected chi connectivity index (χ2v) is 7.76. The molecule has 1 heterocycles. The van der Waals surface area contributed by atoms with Crippen LogP contribution in [0.2, 0.25) is 0 Å². The Morgan fingerprint density at radius 3 is 2.50 bits per heavy atom. The van der Waals surface area contributed by atoms with Crippen molar-refractivity contribution >= 4 is 5.96 Å². The molecule has 2 N–H and O–H groups in total. The molecular weight excluding hydrogens is 302 g/mol. The van der Waals surface area contributed by atoms with E-state index in [2.05, 4.69) is 53.5 Å². The van der Waals surface area contributed by atoms with Gasteiger partial charge in [0.1, 0.15) is 0 Å². The standard InChI is InChI=1S/C18H33N5O/c1-13(2)11-18(8-6-9-18)12-21-17(19-5)20-10-7-15-22-16(14(3)4)23-24-15/h13-14H,6-12H2,1-5H3,(H2,19,20,21). The molecule has 1 aromatic rings. The van der Waals surface area contributed by atoms with Crippen LogP contribution in [0.25, 0.3) is 0 Å². The van der Waals surface area contributed by atoms with Crippen LogP contribution in [0.15, 0.2) is 9.52 Å². The number of hydrogen-bond donors (Lipinski definition) is 2. The number of aliphatic imine (C=N–C) groups is 1. The van der Waals surface area contributed by atoms with E-state index >= 15 is 0 Å². The first kappa shape index (κ1) is 18.7. The molecule has 0 aliphatic heterocycles. The fourth-order valence-electron chi connectivity index (χ4n) is 3.38. The van der Waals surface area contributed by atoms with Gasteiger partial charge in [0.25, 0.3) is 0 Å². The molecule has 2 rings (SSSR count). The quantitative estimate of drug-likeness (QED) is 0.564. The average Bonchev–Trinajstić information content (AvgIpc) is 2.96. The van der Waals surface area contributed by atoms with E-state index in [1.807, 2.05) is 7.05 Å². The van der Waals surface area contributed by atoms with Crippen LogP contribution >= 0.6 is 0 Å². The lowest BCUT2D eigenvalue weighted by molar-refractivity contribution is 0.104. The highest BCUT2D eigenvalue weighted by Crippen LogP contribution is 2.45. The molecule has 1 aliphatic rings. The van der Waals surface area contributed by atoms with Gasteiger partial charge in [-0.15, -0.1) is 0 Å². The number of rotatable bonds is 8. The summed E-state index contributed by atoms with van der Waals surface area (Å²) in [5, 5.41) is 10.8. The first-order chi connectivity index (χ1) is 11.4. The molecule has 1 saturated carbocycles. The van der Waals surface area contributed by atoms with Gasteiger partial charge in [0, 0.05) is 32.5 Å². The van der Waals surface area contributed by atoms with Crippen molar-refractivity contribution in [1.29, 1.82) is 0 Å². The predicted octanol–water partition coefficient (Wildman–Crippen LogP) is 3.12. The number of nitrogens with one attached hydrogen (secondary N) is 2. The van der Waals surface area contributed by atoms with E-state index < -0.39 is 0 Å². The Balaban J connectivity index is 1.74. The lowest BCUT2D eigenvalue weighted by Gasteiger charge is -2.43. The molecule has 1 fully saturated rings. The largest absolute Gasteiger partial charge is 0.356 e. The minimum absolute atomic E-state index is 0.296. The first-order valence-corrected chi connectivity index (χ1v) is 9.21. The van der Waals surface area contributed by atoms with Crippen LogP contribution in [0.1, 0.15) is 71.0 Å². The van der Waals surface area contributed by atoms with Gasteiger partial charge in [0.15, 0.2) is 11.8 Å². The Bertz CT molecular complexity index is 531. The average molecular weight is 335 g/mol. The zero-order valence-corrected chi connectivity index (χ0v) is 15.9. The van der Waals surface area contributed by atoms with Crippen LogP contribution in [-0.2, 0) is 6.42 Å². The summed E-state index contributed by atoms with van der Waals surface area (Å²) in [5.74, 6) is 3.35. The predicted molar refractivity (Wildman–Crippen MR) is 97.2 cm³/mol. The normalized spacial score (nSPS) is 17.2. The fraction of sp³-hybridized carbons (Fsp3) is 0.833. The summed E-state index contributed by atoms with van der Waals surface area (Å²) in [6, 6.07) is 0. The maximum Gasteiger partial charge on any atom is 0.228 e. The Hall–Kier alpha value is -1.59. The van der Waals surface area contributed by atoms with Crippen molar-refractivity contribution in [3.8, 4) is 0 Å². The van der Waals surface area contributed by atoms with Gasteiger partial charge in [-0.1, -0.05) is 39.3 Å². The molecule has 1 aromatic heterocycles. The lowest BCUT2D eigenvalue weighted by atomic mass is 9.64. The molecule has 0 saturated heterocycles. The number of aromatic nitrogens is 2. The van der Waals surface area contributed by atoms with E-state index in [0.717, 1.165) is 30.8 Å². The molecular formula is C18H33N5O. The minimum atomic E-state index is 0.296. The Kier molecular flexibility index (Phi) is 6.63. The van der Waals surface area contributed by atoms with Crippen molar-refractivity contribution in [1.82, 2.24) is 20.8 Å². The minimum Gasteiger partial charge on any atom is -0.356 e. The second-order valence-electron chi connectivity index (χ2n) is 7.76. The van der Waals surface area contributed by atoms with E-state index in [9.17, 15) is 0 Å². The van der Waals surface area contributed by atoms with Gasteiger partial charge in [-0.3, -0.25) is 4.99 Å². The highest BCUT2D eigenvalue weighted by atomic mass is 16.5. The summed E-state index contributed by atoms with van der Waals surface area (Å²) in [6.45, 7) is 10.5. The van der Waals surface area contributed by atoms with Gasteiger partial charge in [-0.25, -0.2) is 0 Å². The van der Waals surface area contributed by atoms with Crippen molar-refractivity contribution in [2.24, 2.45) is 16.3 Å². The highest BCUT2D eigenvalue weighted by molar-refractivity contribution is 5.79. The van der Waals surface area contributed by atoms with Crippen molar-refractivity contribution in [2.75, 3.05) is 20.1 Å². The SMILES string of the molecule is CN=C(NCCc1nc(C(C)C)no1)NCC1(CC(C)C)CCC1. The lowest BCUT2D eigenvalue weighted by Crippen LogP contribution is -2.47. The molecule has 0 atom stereocenters. The Morgan fingerprint density at radius 2 is 2.00 bits per heavy atom. The van der Waals surface area contributed by atoms with Crippen LogP contribution in [0.5, 0.6) is 0 Å². The van der Waals surface area contributed by atoms with Crippen molar-refractivity contribution in [3.63, 3.8) is 0 Å². The summed E-state index contributed by atoms with van der Waals surface area (Å²) in [7, 11) is 1.81. The van der Waals surface area contributed by atoms with Crippen molar-refractivity contribution in [3.05, 3.63) is 11.7 Å². The van der Waals surface area contributed by atoms with Gasteiger partial charge in [0.2, 0.25) is 5.89 Å². The van der Waals surface area contributed by atoms with Crippen molar-refractivity contribution < 1.29 is 4.52 Å². The Labute approximate surface area is 145 Å². The van der Waals surface area contributed by atoms with Gasteiger partial charge < -0.3 is 15.2 Å². The fourth-order valence-corrected chi connectivity index (χ4v) is 3.38. The van der Waals surface area contributed by atoms with Gasteiger partial charge >= 0.3 is 0 Å². The molecule has 6 heteroatoms. The van der Waals surface area contributed by atoms with Crippen LogP contribution in [-0.4, -0.2) is 36.2 Å². The second kappa shape index (κ2) is 8.49. The van der Waals surface area contributed by atoms with E-state index in [1.165, 1.54) is 25.7 Å². The molecule has 136 valence electrons. The number of guanidine groups is 1. The molecule has 0 bridgehead atoms. The van der Waals surface area contributed by atoms with Crippen LogP contribution in [0, 0.1) is 11.3 Å². The number of hydrogen-bond acceptors (Lipinski definition) is 4. The molecule has 6 nitrogen and oxygen atoms in total. The van der Waals surface area contributed by atoms with E-state index in [-0.39, 0.29) is 0 Å². The van der Waals surface area contributed by atoms with Crippen LogP contribution in [0.3, 0.4) is 0 Å². The van der Waals surface area contributed by atoms with Gasteiger partial charge in [-0.2, -0.15) is 4.98 Å². The smallest absolute Gasteiger partial charge is 0.228 e. The molecule has 0 amide bonds. The maximum atomic E-state index is 5.26. The van der Waals surface area contributed by atoms with E-state index in [4.69, 9.17) is 4.52 Å². The summed E-state index contributed by atoms with van der Waals surface area (Å²) in [5.41, 5.74) is 0.463. The highest BCUT2D eigenvalue weighted by Gasteiger charge is 2.37. The van der Waals surface area contributed by atoms with Gasteiger partial charge in [0.05, 0.1) is 0 Å². The molecule has 0 unspecified atom stereocenters.